The Morgan fingerprint density at radius 2 is 2.03 bits per heavy atom. The van der Waals surface area contributed by atoms with Crippen molar-refractivity contribution in [3.05, 3.63) is 71.7 Å². The number of benzene rings is 2. The van der Waals surface area contributed by atoms with E-state index in [9.17, 15) is 14.3 Å². The second kappa shape index (κ2) is 10.0. The predicted molar refractivity (Wildman–Crippen MR) is 129 cm³/mol. The summed E-state index contributed by atoms with van der Waals surface area (Å²) in [5, 5.41) is 13.8. The lowest BCUT2D eigenvalue weighted by Gasteiger charge is -2.29. The normalized spacial score (nSPS) is 13.6. The number of aromatic nitrogens is 2. The van der Waals surface area contributed by atoms with Crippen LogP contribution in [0, 0.1) is 5.82 Å². The number of hydrogen-bond donors (Lipinski definition) is 2. The monoisotopic (exact) mass is 466 g/mol. The third-order valence-electron chi connectivity index (χ3n) is 5.52. The molecule has 0 spiro atoms. The van der Waals surface area contributed by atoms with E-state index in [0.29, 0.717) is 22.0 Å². The van der Waals surface area contributed by atoms with Gasteiger partial charge in [0.05, 0.1) is 16.9 Å². The van der Waals surface area contributed by atoms with Crippen LogP contribution in [0.15, 0.2) is 55.3 Å². The number of aromatic hydroxyl groups is 1. The Hall–Kier alpha value is -3.45. The number of nitrogens with zero attached hydrogens (tertiary/aromatic N) is 3. The highest BCUT2D eigenvalue weighted by Gasteiger charge is 2.20. The minimum absolute atomic E-state index is 0.0851. The first-order valence-electron chi connectivity index (χ1n) is 10.8. The van der Waals surface area contributed by atoms with Crippen molar-refractivity contribution >= 4 is 34.7 Å². The lowest BCUT2D eigenvalue weighted by Crippen LogP contribution is -2.30. The van der Waals surface area contributed by atoms with Crippen molar-refractivity contribution in [2.45, 2.75) is 25.7 Å². The number of piperidine rings is 1. The van der Waals surface area contributed by atoms with Crippen molar-refractivity contribution in [2.24, 2.45) is 0 Å². The van der Waals surface area contributed by atoms with Crippen LogP contribution in [0.25, 0.3) is 11.3 Å². The van der Waals surface area contributed by atoms with Crippen molar-refractivity contribution < 1.29 is 14.3 Å². The number of anilines is 3. The molecule has 1 saturated heterocycles. The van der Waals surface area contributed by atoms with E-state index in [1.54, 1.807) is 0 Å². The summed E-state index contributed by atoms with van der Waals surface area (Å²) >= 11 is 6.33. The fourth-order valence-corrected chi connectivity index (χ4v) is 4.15. The molecule has 0 radical (unpaired) electrons. The first-order chi connectivity index (χ1) is 15.9. The molecule has 0 aliphatic carbocycles. The molecule has 8 heteroatoms. The minimum Gasteiger partial charge on any atom is -0.506 e. The van der Waals surface area contributed by atoms with E-state index in [0.717, 1.165) is 37.9 Å². The van der Waals surface area contributed by atoms with Gasteiger partial charge < -0.3 is 15.3 Å². The molecule has 0 saturated carbocycles. The molecule has 0 bridgehead atoms. The number of rotatable bonds is 7. The summed E-state index contributed by atoms with van der Waals surface area (Å²) in [5.74, 6) is -0.522. The highest BCUT2D eigenvalue weighted by molar-refractivity contribution is 6.32. The van der Waals surface area contributed by atoms with Crippen LogP contribution in [0.2, 0.25) is 5.02 Å². The number of carbonyl (C=O) groups excluding carboxylic acids is 1. The summed E-state index contributed by atoms with van der Waals surface area (Å²) < 4.78 is 14.8. The molecule has 0 unspecified atom stereocenters. The Morgan fingerprint density at radius 3 is 2.76 bits per heavy atom. The van der Waals surface area contributed by atoms with Gasteiger partial charge in [0, 0.05) is 36.8 Å². The van der Waals surface area contributed by atoms with Gasteiger partial charge in [-0.05, 0) is 43.0 Å². The molecule has 2 aromatic carbocycles. The summed E-state index contributed by atoms with van der Waals surface area (Å²) in [4.78, 5) is 22.2. The topological polar surface area (TPSA) is 78.3 Å². The molecule has 1 aromatic heterocycles. The van der Waals surface area contributed by atoms with Gasteiger partial charge >= 0.3 is 0 Å². The number of allylic oxidation sites excluding steroid dienone is 1. The van der Waals surface area contributed by atoms with Crippen LogP contribution in [0.3, 0.4) is 0 Å². The lowest BCUT2D eigenvalue weighted by atomic mass is 10.0. The molecule has 6 nitrogen and oxygen atoms in total. The highest BCUT2D eigenvalue weighted by atomic mass is 35.5. The second-order valence-electron chi connectivity index (χ2n) is 7.94. The van der Waals surface area contributed by atoms with Crippen molar-refractivity contribution in [1.29, 1.82) is 0 Å². The van der Waals surface area contributed by atoms with E-state index < -0.39 is 5.82 Å². The summed E-state index contributed by atoms with van der Waals surface area (Å²) in [5.41, 5.74) is 2.54. The number of ketones is 1. The number of phenols is 1. The van der Waals surface area contributed by atoms with Gasteiger partial charge in [-0.15, -0.1) is 0 Å². The van der Waals surface area contributed by atoms with Crippen LogP contribution < -0.4 is 10.2 Å². The number of halogens is 2. The van der Waals surface area contributed by atoms with E-state index in [4.69, 9.17) is 11.6 Å². The largest absolute Gasteiger partial charge is 0.506 e. The molecule has 4 rings (SSSR count). The Balaban J connectivity index is 1.59. The molecule has 170 valence electrons. The highest BCUT2D eigenvalue weighted by Crippen LogP contribution is 2.36. The van der Waals surface area contributed by atoms with E-state index in [-0.39, 0.29) is 29.6 Å². The number of carbonyl (C=O) groups is 1. The molecule has 0 amide bonds. The average Bonchev–Trinajstić information content (AvgIpc) is 2.80. The van der Waals surface area contributed by atoms with Crippen LogP contribution in [0.1, 0.15) is 24.8 Å². The van der Waals surface area contributed by atoms with Gasteiger partial charge in [0.15, 0.2) is 11.6 Å². The number of hydrogen-bond acceptors (Lipinski definition) is 6. The zero-order chi connectivity index (χ0) is 23.4. The maximum Gasteiger partial charge on any atom is 0.227 e. The molecule has 1 aliphatic rings. The second-order valence-corrected chi connectivity index (χ2v) is 8.34. The molecule has 33 heavy (non-hydrogen) atoms. The number of phenolic OH excluding ortho intramolecular Hbond substituents is 1. The first kappa shape index (κ1) is 22.7. The number of nitrogens with one attached hydrogen (secondary N) is 1. The average molecular weight is 467 g/mol. The molecular weight excluding hydrogens is 443 g/mol. The maximum atomic E-state index is 14.8. The van der Waals surface area contributed by atoms with Gasteiger partial charge in [-0.1, -0.05) is 36.4 Å². The summed E-state index contributed by atoms with van der Waals surface area (Å²) in [6.07, 6.45) is 6.03. The van der Waals surface area contributed by atoms with Crippen LogP contribution in [0.5, 0.6) is 5.75 Å². The standard InChI is InChI=1S/C25H24ClFN4O2/c1-2-19(32)12-16-7-6-8-17(11-16)23-20(26)15-28-25(30-23)29-18-13-21(27)24(22(33)14-18)31-9-4-3-5-10-31/h2,6-8,11,13-15,33H,1,3-5,9-10,12H2,(H,28,29,30). The molecule has 1 fully saturated rings. The first-order valence-corrected chi connectivity index (χ1v) is 11.1. The fourth-order valence-electron chi connectivity index (χ4n) is 3.95. The fraction of sp³-hybridized carbons (Fsp3) is 0.240. The van der Waals surface area contributed by atoms with Crippen LogP contribution in [-0.4, -0.2) is 33.9 Å². The van der Waals surface area contributed by atoms with Gasteiger partial charge in [-0.3, -0.25) is 4.79 Å². The maximum absolute atomic E-state index is 14.8. The molecule has 3 aromatic rings. The van der Waals surface area contributed by atoms with Crippen LogP contribution >= 0.6 is 11.6 Å². The summed E-state index contributed by atoms with van der Waals surface area (Å²) in [6, 6.07) is 10.1. The molecular formula is C25H24ClFN4O2. The van der Waals surface area contributed by atoms with Crippen LogP contribution in [-0.2, 0) is 11.2 Å². The van der Waals surface area contributed by atoms with Gasteiger partial charge in [0.1, 0.15) is 11.4 Å². The molecule has 2 heterocycles. The quantitative estimate of drug-likeness (QED) is 0.436. The van der Waals surface area contributed by atoms with Crippen molar-refractivity contribution in [1.82, 2.24) is 9.97 Å². The van der Waals surface area contributed by atoms with Crippen molar-refractivity contribution in [2.75, 3.05) is 23.3 Å². The third-order valence-corrected chi connectivity index (χ3v) is 5.80. The van der Waals surface area contributed by atoms with E-state index in [1.807, 2.05) is 29.2 Å². The van der Waals surface area contributed by atoms with Gasteiger partial charge in [-0.2, -0.15) is 0 Å². The van der Waals surface area contributed by atoms with Gasteiger partial charge in [0.25, 0.3) is 0 Å². The molecule has 0 atom stereocenters. The van der Waals surface area contributed by atoms with E-state index in [2.05, 4.69) is 21.9 Å². The lowest BCUT2D eigenvalue weighted by molar-refractivity contribution is -0.114. The third kappa shape index (κ3) is 5.31. The summed E-state index contributed by atoms with van der Waals surface area (Å²) in [6.45, 7) is 4.94. The smallest absolute Gasteiger partial charge is 0.227 e. The predicted octanol–water partition coefficient (Wildman–Crippen LogP) is 5.67. The zero-order valence-corrected chi connectivity index (χ0v) is 18.8. The Bertz CT molecular complexity index is 1170. The van der Waals surface area contributed by atoms with Gasteiger partial charge in [0.2, 0.25) is 5.95 Å². The zero-order valence-electron chi connectivity index (χ0n) is 18.0. The van der Waals surface area contributed by atoms with Gasteiger partial charge in [-0.25, -0.2) is 14.4 Å². The Labute approximate surface area is 196 Å². The Kier molecular flexibility index (Phi) is 6.89. The molecule has 2 N–H and O–H groups in total. The van der Waals surface area contributed by atoms with E-state index in [1.165, 1.54) is 24.4 Å². The van der Waals surface area contributed by atoms with Crippen molar-refractivity contribution in [3.63, 3.8) is 0 Å². The molecule has 1 aliphatic heterocycles. The van der Waals surface area contributed by atoms with E-state index >= 15 is 0 Å². The minimum atomic E-state index is -0.506. The SMILES string of the molecule is C=CC(=O)Cc1cccc(-c2nc(Nc3cc(O)c(N4CCCCC4)c(F)c3)ncc2Cl)c1. The van der Waals surface area contributed by atoms with Crippen LogP contribution in [0.4, 0.5) is 21.7 Å². The Morgan fingerprint density at radius 1 is 1.24 bits per heavy atom. The summed E-state index contributed by atoms with van der Waals surface area (Å²) in [7, 11) is 0. The van der Waals surface area contributed by atoms with Crippen molar-refractivity contribution in [3.8, 4) is 17.0 Å².